The Bertz CT molecular complexity index is 889. The highest BCUT2D eigenvalue weighted by atomic mass is 35.5. The molecule has 2 aliphatic rings. The lowest BCUT2D eigenvalue weighted by Crippen LogP contribution is -2.38. The van der Waals surface area contributed by atoms with Crippen LogP contribution < -0.4 is 5.32 Å². The average molecular weight is 392 g/mol. The largest absolute Gasteiger partial charge is 0.329 e. The molecule has 0 bridgehead atoms. The van der Waals surface area contributed by atoms with E-state index in [0.29, 0.717) is 22.9 Å². The Labute approximate surface area is 159 Å². The molecule has 2 heterocycles. The maximum Gasteiger partial charge on any atom is 0.225 e. The maximum atomic E-state index is 12.9. The lowest BCUT2D eigenvalue weighted by molar-refractivity contribution is -0.122. The van der Waals surface area contributed by atoms with Crippen LogP contribution in [0, 0.1) is 0 Å². The molecule has 0 saturated heterocycles. The molecule has 1 aromatic heterocycles. The molecule has 3 nitrogen and oxygen atoms in total. The molecule has 6 heteroatoms. The molecule has 0 saturated carbocycles. The van der Waals surface area contributed by atoms with Crippen LogP contribution in [0.25, 0.3) is 0 Å². The van der Waals surface area contributed by atoms with Crippen molar-refractivity contribution in [2.75, 3.05) is 0 Å². The zero-order chi connectivity index (χ0) is 17.6. The summed E-state index contributed by atoms with van der Waals surface area (Å²) in [4.78, 5) is 26.3. The number of carbonyl (C=O) groups is 2. The van der Waals surface area contributed by atoms with E-state index in [9.17, 15) is 9.59 Å². The highest BCUT2D eigenvalue weighted by Crippen LogP contribution is 2.44. The van der Waals surface area contributed by atoms with Gasteiger partial charge in [0, 0.05) is 40.8 Å². The highest BCUT2D eigenvalue weighted by Gasteiger charge is 2.38. The summed E-state index contributed by atoms with van der Waals surface area (Å²) < 4.78 is 0. The fourth-order valence-corrected chi connectivity index (χ4v) is 4.84. The summed E-state index contributed by atoms with van der Waals surface area (Å²) in [7, 11) is 0. The number of ketones is 1. The lowest BCUT2D eigenvalue weighted by atomic mass is 9.75. The molecule has 1 amide bonds. The van der Waals surface area contributed by atoms with Crippen molar-refractivity contribution in [3.63, 3.8) is 0 Å². The van der Waals surface area contributed by atoms with Gasteiger partial charge in [-0.2, -0.15) is 0 Å². The van der Waals surface area contributed by atoms with E-state index in [0.717, 1.165) is 16.8 Å². The molecule has 1 aliphatic heterocycles. The molecule has 0 spiro atoms. The third-order valence-corrected chi connectivity index (χ3v) is 6.60. The van der Waals surface area contributed by atoms with E-state index < -0.39 is 0 Å². The minimum Gasteiger partial charge on any atom is -0.329 e. The molecule has 1 N–H and O–H groups in total. The SMILES string of the molecule is O=C1C[C@@H](c2ccc(Cl)c(Cl)c2)C2=C(C[C@H](c3cccs3)CC2=O)N1. The van der Waals surface area contributed by atoms with Crippen molar-refractivity contribution in [3.8, 4) is 0 Å². The number of nitrogens with one attached hydrogen (secondary N) is 1. The number of allylic oxidation sites excluding steroid dienone is 2. The maximum absolute atomic E-state index is 12.9. The van der Waals surface area contributed by atoms with E-state index in [-0.39, 0.29) is 29.9 Å². The number of hydrogen-bond donors (Lipinski definition) is 1. The van der Waals surface area contributed by atoms with Gasteiger partial charge in [0.15, 0.2) is 5.78 Å². The van der Waals surface area contributed by atoms with Crippen molar-refractivity contribution in [2.24, 2.45) is 0 Å². The summed E-state index contributed by atoms with van der Waals surface area (Å²) in [5, 5.41) is 5.85. The highest BCUT2D eigenvalue weighted by molar-refractivity contribution is 7.10. The second-order valence-electron chi connectivity index (χ2n) is 6.41. The van der Waals surface area contributed by atoms with Crippen LogP contribution in [0.3, 0.4) is 0 Å². The van der Waals surface area contributed by atoms with Gasteiger partial charge in [-0.15, -0.1) is 11.3 Å². The number of carbonyl (C=O) groups excluding carboxylic acids is 2. The molecule has 1 aliphatic carbocycles. The topological polar surface area (TPSA) is 46.2 Å². The van der Waals surface area contributed by atoms with E-state index in [1.165, 1.54) is 4.88 Å². The van der Waals surface area contributed by atoms with Crippen LogP contribution >= 0.6 is 34.5 Å². The van der Waals surface area contributed by atoms with Crippen LogP contribution in [0.15, 0.2) is 47.0 Å². The number of thiophene rings is 1. The minimum atomic E-state index is -0.254. The fourth-order valence-electron chi connectivity index (χ4n) is 3.70. The van der Waals surface area contributed by atoms with Crippen LogP contribution in [0.5, 0.6) is 0 Å². The van der Waals surface area contributed by atoms with Gasteiger partial charge in [0.05, 0.1) is 10.0 Å². The number of hydrogen-bond acceptors (Lipinski definition) is 3. The predicted octanol–water partition coefficient (Wildman–Crippen LogP) is 5.06. The monoisotopic (exact) mass is 391 g/mol. The van der Waals surface area contributed by atoms with Gasteiger partial charge in [-0.05, 0) is 35.6 Å². The Balaban J connectivity index is 1.74. The standard InChI is InChI=1S/C19H15Cl2NO2S/c20-13-4-3-10(6-14(13)21)12-9-18(24)22-15-7-11(8-16(23)19(12)15)17-2-1-5-25-17/h1-6,11-12H,7-9H2,(H,22,24)/t11-,12-/m0/s1. The zero-order valence-electron chi connectivity index (χ0n) is 13.2. The third kappa shape index (κ3) is 3.14. The van der Waals surface area contributed by atoms with Crippen LogP contribution in [0.1, 0.15) is 41.5 Å². The summed E-state index contributed by atoms with van der Waals surface area (Å²) in [6, 6.07) is 9.37. The molecule has 0 unspecified atom stereocenters. The molecule has 0 radical (unpaired) electrons. The smallest absolute Gasteiger partial charge is 0.225 e. The minimum absolute atomic E-state index is 0.0607. The quantitative estimate of drug-likeness (QED) is 0.777. The second kappa shape index (κ2) is 6.60. The summed E-state index contributed by atoms with van der Waals surface area (Å²) in [5.41, 5.74) is 2.35. The molecule has 25 heavy (non-hydrogen) atoms. The van der Waals surface area contributed by atoms with Gasteiger partial charge in [-0.3, -0.25) is 9.59 Å². The second-order valence-corrected chi connectivity index (χ2v) is 8.21. The average Bonchev–Trinajstić information content (AvgIpc) is 3.10. The van der Waals surface area contributed by atoms with E-state index >= 15 is 0 Å². The van der Waals surface area contributed by atoms with Gasteiger partial charge in [-0.25, -0.2) is 0 Å². The lowest BCUT2D eigenvalue weighted by Gasteiger charge is -2.34. The Morgan fingerprint density at radius 1 is 1.04 bits per heavy atom. The van der Waals surface area contributed by atoms with Crippen molar-refractivity contribution >= 4 is 46.2 Å². The predicted molar refractivity (Wildman–Crippen MR) is 100 cm³/mol. The Morgan fingerprint density at radius 3 is 2.60 bits per heavy atom. The summed E-state index contributed by atoms with van der Waals surface area (Å²) in [6.45, 7) is 0. The molecular formula is C19H15Cl2NO2S. The van der Waals surface area contributed by atoms with E-state index in [1.54, 1.807) is 23.5 Å². The summed E-state index contributed by atoms with van der Waals surface area (Å²) in [6.07, 6.45) is 1.42. The van der Waals surface area contributed by atoms with Gasteiger partial charge >= 0.3 is 0 Å². The van der Waals surface area contributed by atoms with Crippen LogP contribution in [-0.2, 0) is 9.59 Å². The zero-order valence-corrected chi connectivity index (χ0v) is 15.5. The van der Waals surface area contributed by atoms with Gasteiger partial charge in [0.25, 0.3) is 0 Å². The van der Waals surface area contributed by atoms with Crippen LogP contribution in [0.2, 0.25) is 10.0 Å². The van der Waals surface area contributed by atoms with E-state index in [1.807, 2.05) is 17.5 Å². The number of halogens is 2. The Kier molecular flexibility index (Phi) is 4.44. The van der Waals surface area contributed by atoms with Crippen molar-refractivity contribution in [3.05, 3.63) is 67.5 Å². The van der Waals surface area contributed by atoms with E-state index in [2.05, 4.69) is 11.4 Å². The van der Waals surface area contributed by atoms with Crippen molar-refractivity contribution in [1.29, 1.82) is 0 Å². The van der Waals surface area contributed by atoms with Crippen LogP contribution in [0.4, 0.5) is 0 Å². The number of rotatable bonds is 2. The molecule has 1 aromatic carbocycles. The first-order chi connectivity index (χ1) is 12.0. The molecular weight excluding hydrogens is 377 g/mol. The molecule has 0 fully saturated rings. The van der Waals surface area contributed by atoms with Gasteiger partial charge in [-0.1, -0.05) is 35.3 Å². The summed E-state index contributed by atoms with van der Waals surface area (Å²) >= 11 is 13.8. The molecule has 2 atom stereocenters. The van der Waals surface area contributed by atoms with Crippen molar-refractivity contribution < 1.29 is 9.59 Å². The number of amides is 1. The van der Waals surface area contributed by atoms with E-state index in [4.69, 9.17) is 23.2 Å². The normalized spacial score (nSPS) is 23.4. The Hall–Kier alpha value is -1.62. The van der Waals surface area contributed by atoms with Gasteiger partial charge in [0.2, 0.25) is 5.91 Å². The van der Waals surface area contributed by atoms with Gasteiger partial charge < -0.3 is 5.32 Å². The van der Waals surface area contributed by atoms with Crippen molar-refractivity contribution in [1.82, 2.24) is 5.32 Å². The van der Waals surface area contributed by atoms with Crippen molar-refractivity contribution in [2.45, 2.75) is 31.1 Å². The third-order valence-electron chi connectivity index (χ3n) is 4.83. The Morgan fingerprint density at radius 2 is 1.88 bits per heavy atom. The molecule has 128 valence electrons. The molecule has 4 rings (SSSR count). The molecule has 2 aromatic rings. The first-order valence-electron chi connectivity index (χ1n) is 8.07. The van der Waals surface area contributed by atoms with Gasteiger partial charge in [0.1, 0.15) is 0 Å². The first kappa shape index (κ1) is 16.8. The number of Topliss-reactive ketones (excluding diaryl/α,β-unsaturated/α-hetero) is 1. The number of benzene rings is 1. The fraction of sp³-hybridized carbons (Fsp3) is 0.263. The van der Waals surface area contributed by atoms with Crippen LogP contribution in [-0.4, -0.2) is 11.7 Å². The summed E-state index contributed by atoms with van der Waals surface area (Å²) in [5.74, 6) is -0.0698. The first-order valence-corrected chi connectivity index (χ1v) is 9.71.